The molecule has 0 aliphatic rings. The first-order valence-electron chi connectivity index (χ1n) is 5.39. The van der Waals surface area contributed by atoms with Crippen molar-refractivity contribution in [1.82, 2.24) is 4.98 Å². The van der Waals surface area contributed by atoms with Gasteiger partial charge in [-0.15, -0.1) is 0 Å². The summed E-state index contributed by atoms with van der Waals surface area (Å²) in [5.74, 6) is 3.22. The average molecular weight is 343 g/mol. The number of anilines is 2. The molecule has 1 heterocycles. The molecule has 0 radical (unpaired) electrons. The van der Waals surface area contributed by atoms with E-state index < -0.39 is 17.5 Å². The average Bonchev–Trinajstić information content (AvgIpc) is 2.37. The van der Waals surface area contributed by atoms with Gasteiger partial charge < -0.3 is 10.7 Å². The Morgan fingerprint density at radius 3 is 2.45 bits per heavy atom. The van der Waals surface area contributed by atoms with Crippen LogP contribution < -0.4 is 16.6 Å². The fourth-order valence-corrected chi connectivity index (χ4v) is 1.88. The molecule has 0 bridgehead atoms. The Kier molecular flexibility index (Phi) is 4.26. The van der Waals surface area contributed by atoms with Gasteiger partial charge in [-0.1, -0.05) is 0 Å². The van der Waals surface area contributed by atoms with Gasteiger partial charge in [0.25, 0.3) is 5.91 Å². The van der Waals surface area contributed by atoms with Crippen LogP contribution in [0.15, 0.2) is 34.9 Å². The van der Waals surface area contributed by atoms with E-state index in [2.05, 4.69) is 31.7 Å². The predicted molar refractivity (Wildman–Crippen MR) is 74.1 cm³/mol. The molecule has 0 spiro atoms. The molecule has 4 N–H and O–H groups in total. The number of nitrogen functional groups attached to an aromatic ring is 1. The molecule has 0 atom stereocenters. The van der Waals surface area contributed by atoms with Gasteiger partial charge in [0.2, 0.25) is 0 Å². The lowest BCUT2D eigenvalue weighted by molar-refractivity contribution is 0.102. The highest BCUT2D eigenvalue weighted by molar-refractivity contribution is 9.10. The minimum absolute atomic E-state index is 0.00422. The highest BCUT2D eigenvalue weighted by atomic mass is 79.9. The summed E-state index contributed by atoms with van der Waals surface area (Å²) < 4.78 is 26.7. The van der Waals surface area contributed by atoms with Crippen LogP contribution in [-0.2, 0) is 0 Å². The third-order valence-electron chi connectivity index (χ3n) is 2.36. The number of halogens is 3. The number of rotatable bonds is 3. The van der Waals surface area contributed by atoms with E-state index in [4.69, 9.17) is 5.84 Å². The van der Waals surface area contributed by atoms with E-state index in [0.717, 1.165) is 12.1 Å². The summed E-state index contributed by atoms with van der Waals surface area (Å²) in [5, 5.41) is 2.37. The van der Waals surface area contributed by atoms with Crippen molar-refractivity contribution in [3.8, 4) is 0 Å². The molecular weight excluding hydrogens is 334 g/mol. The minimum atomic E-state index is -0.787. The first-order chi connectivity index (χ1) is 9.49. The van der Waals surface area contributed by atoms with Crippen molar-refractivity contribution in [3.63, 3.8) is 0 Å². The predicted octanol–water partition coefficient (Wildman–Crippen LogP) is 2.66. The van der Waals surface area contributed by atoms with E-state index in [1.54, 1.807) is 0 Å². The van der Waals surface area contributed by atoms with Gasteiger partial charge in [-0.05, 0) is 34.1 Å². The number of hydrazine groups is 1. The zero-order chi connectivity index (χ0) is 14.7. The topological polar surface area (TPSA) is 80.0 Å². The number of carbonyl (C=O) groups is 1. The Balaban J connectivity index is 2.30. The van der Waals surface area contributed by atoms with Crippen molar-refractivity contribution in [3.05, 3.63) is 52.1 Å². The number of nitrogens with one attached hydrogen (secondary N) is 2. The molecule has 5 nitrogen and oxygen atoms in total. The number of pyridine rings is 1. The molecule has 1 aromatic carbocycles. The normalized spacial score (nSPS) is 10.2. The van der Waals surface area contributed by atoms with E-state index in [-0.39, 0.29) is 17.1 Å². The van der Waals surface area contributed by atoms with Gasteiger partial charge in [-0.3, -0.25) is 4.79 Å². The van der Waals surface area contributed by atoms with Gasteiger partial charge in [0.1, 0.15) is 11.6 Å². The molecule has 0 aliphatic carbocycles. The summed E-state index contributed by atoms with van der Waals surface area (Å²) in [7, 11) is 0. The van der Waals surface area contributed by atoms with E-state index in [9.17, 15) is 13.6 Å². The molecule has 104 valence electrons. The standard InChI is InChI=1S/C12H9BrF2N4O/c13-6-1-10(11(19-16)17-5-6)12(20)18-9-3-7(14)2-8(15)4-9/h1-5H,16H2,(H,17,19)(H,18,20). The highest BCUT2D eigenvalue weighted by Crippen LogP contribution is 2.20. The molecular formula is C12H9BrF2N4O. The van der Waals surface area contributed by atoms with Crippen molar-refractivity contribution in [2.45, 2.75) is 0 Å². The minimum Gasteiger partial charge on any atom is -0.322 e. The summed E-state index contributed by atoms with van der Waals surface area (Å²) in [5.41, 5.74) is 2.40. The van der Waals surface area contributed by atoms with E-state index in [1.165, 1.54) is 12.3 Å². The molecule has 0 fully saturated rings. The second-order valence-corrected chi connectivity index (χ2v) is 4.72. The van der Waals surface area contributed by atoms with Gasteiger partial charge in [-0.2, -0.15) is 0 Å². The maximum atomic E-state index is 13.0. The smallest absolute Gasteiger partial charge is 0.259 e. The van der Waals surface area contributed by atoms with Crippen molar-refractivity contribution < 1.29 is 13.6 Å². The fourth-order valence-electron chi connectivity index (χ4n) is 1.55. The van der Waals surface area contributed by atoms with Gasteiger partial charge in [0.15, 0.2) is 5.82 Å². The molecule has 0 saturated heterocycles. The number of amides is 1. The zero-order valence-electron chi connectivity index (χ0n) is 9.95. The van der Waals surface area contributed by atoms with Crippen molar-refractivity contribution in [2.75, 3.05) is 10.7 Å². The van der Waals surface area contributed by atoms with Crippen LogP contribution in [0, 0.1) is 11.6 Å². The van der Waals surface area contributed by atoms with Crippen LogP contribution in [0.3, 0.4) is 0 Å². The molecule has 2 rings (SSSR count). The molecule has 20 heavy (non-hydrogen) atoms. The van der Waals surface area contributed by atoms with Crippen LogP contribution in [-0.4, -0.2) is 10.9 Å². The number of aromatic nitrogens is 1. The number of nitrogens with zero attached hydrogens (tertiary/aromatic N) is 1. The fraction of sp³-hybridized carbons (Fsp3) is 0. The molecule has 0 unspecified atom stereocenters. The summed E-state index contributed by atoms with van der Waals surface area (Å²) in [6.45, 7) is 0. The lowest BCUT2D eigenvalue weighted by atomic mass is 10.2. The van der Waals surface area contributed by atoms with Crippen LogP contribution in [0.2, 0.25) is 0 Å². The number of carbonyl (C=O) groups excluding carboxylic acids is 1. The molecule has 2 aromatic rings. The Morgan fingerprint density at radius 1 is 1.20 bits per heavy atom. The van der Waals surface area contributed by atoms with Gasteiger partial charge in [0, 0.05) is 22.4 Å². The van der Waals surface area contributed by atoms with Crippen molar-refractivity contribution in [1.29, 1.82) is 0 Å². The largest absolute Gasteiger partial charge is 0.322 e. The Morgan fingerprint density at radius 2 is 1.85 bits per heavy atom. The third-order valence-corrected chi connectivity index (χ3v) is 2.79. The highest BCUT2D eigenvalue weighted by Gasteiger charge is 2.14. The van der Waals surface area contributed by atoms with Crippen LogP contribution in [0.4, 0.5) is 20.3 Å². The van der Waals surface area contributed by atoms with Crippen LogP contribution >= 0.6 is 15.9 Å². The van der Waals surface area contributed by atoms with Gasteiger partial charge in [-0.25, -0.2) is 19.6 Å². The van der Waals surface area contributed by atoms with Gasteiger partial charge in [0.05, 0.1) is 5.56 Å². The van der Waals surface area contributed by atoms with Crippen molar-refractivity contribution >= 4 is 33.3 Å². The molecule has 0 saturated carbocycles. The zero-order valence-corrected chi connectivity index (χ0v) is 11.5. The quantitative estimate of drug-likeness (QED) is 0.591. The molecule has 0 aliphatic heterocycles. The summed E-state index contributed by atoms with van der Waals surface area (Å²) in [6.07, 6.45) is 1.45. The van der Waals surface area contributed by atoms with E-state index in [0.29, 0.717) is 10.5 Å². The summed E-state index contributed by atoms with van der Waals surface area (Å²) >= 11 is 3.17. The van der Waals surface area contributed by atoms with E-state index in [1.807, 2.05) is 0 Å². The lowest BCUT2D eigenvalue weighted by Gasteiger charge is -2.09. The third kappa shape index (κ3) is 3.28. The molecule has 1 aromatic heterocycles. The Hall–Kier alpha value is -2.06. The molecule has 8 heteroatoms. The van der Waals surface area contributed by atoms with E-state index >= 15 is 0 Å². The first-order valence-corrected chi connectivity index (χ1v) is 6.18. The van der Waals surface area contributed by atoms with Gasteiger partial charge >= 0.3 is 0 Å². The summed E-state index contributed by atoms with van der Waals surface area (Å²) in [6, 6.07) is 4.19. The number of hydrogen-bond acceptors (Lipinski definition) is 4. The number of benzene rings is 1. The molecule has 1 amide bonds. The Labute approximate surface area is 121 Å². The van der Waals surface area contributed by atoms with Crippen LogP contribution in [0.5, 0.6) is 0 Å². The summed E-state index contributed by atoms with van der Waals surface area (Å²) in [4.78, 5) is 16.0. The van der Waals surface area contributed by atoms with Crippen molar-refractivity contribution in [2.24, 2.45) is 5.84 Å². The monoisotopic (exact) mass is 342 g/mol. The maximum absolute atomic E-state index is 13.0. The maximum Gasteiger partial charge on any atom is 0.259 e. The van der Waals surface area contributed by atoms with Crippen LogP contribution in [0.25, 0.3) is 0 Å². The Bertz CT molecular complexity index is 646. The first kappa shape index (κ1) is 14.4. The lowest BCUT2D eigenvalue weighted by Crippen LogP contribution is -2.18. The number of nitrogens with two attached hydrogens (primary N) is 1. The van der Waals surface area contributed by atoms with Crippen LogP contribution in [0.1, 0.15) is 10.4 Å². The second kappa shape index (κ2) is 5.93. The number of hydrogen-bond donors (Lipinski definition) is 3. The SMILES string of the molecule is NNc1ncc(Br)cc1C(=O)Nc1cc(F)cc(F)c1. The second-order valence-electron chi connectivity index (χ2n) is 3.81.